The Morgan fingerprint density at radius 2 is 0.917 bits per heavy atom. The lowest BCUT2D eigenvalue weighted by Gasteiger charge is -2.13. The second-order valence-electron chi connectivity index (χ2n) is 9.11. The Morgan fingerprint density at radius 1 is 0.444 bits per heavy atom. The van der Waals surface area contributed by atoms with Crippen LogP contribution < -0.4 is 0 Å². The summed E-state index contributed by atoms with van der Waals surface area (Å²) in [7, 11) is 0. The van der Waals surface area contributed by atoms with Gasteiger partial charge in [0.25, 0.3) is 0 Å². The predicted octanol–water partition coefficient (Wildman–Crippen LogP) is 7.82. The number of hydrogen-bond acceptors (Lipinski definition) is 2. The van der Waals surface area contributed by atoms with Crippen molar-refractivity contribution in [3.8, 4) is 11.5 Å². The standard InChI is InChI=1S/C32H20N4/c1-5-13-26-21(9-1)22-10-2-6-14-27(22)35(26)30-19-20-33-25-17-18-31(34-32(25)30)36-28-15-7-3-11-23(28)24-12-4-8-16-29(24)36/h1-20H. The van der Waals surface area contributed by atoms with E-state index in [-0.39, 0.29) is 0 Å². The van der Waals surface area contributed by atoms with Gasteiger partial charge in [-0.1, -0.05) is 72.8 Å². The molecule has 0 atom stereocenters. The Bertz CT molecular complexity index is 2010. The zero-order chi connectivity index (χ0) is 23.6. The molecule has 0 unspecified atom stereocenters. The van der Waals surface area contributed by atoms with Gasteiger partial charge in [0.1, 0.15) is 11.3 Å². The summed E-state index contributed by atoms with van der Waals surface area (Å²) in [4.78, 5) is 9.94. The molecule has 0 saturated heterocycles. The highest BCUT2D eigenvalue weighted by Crippen LogP contribution is 2.35. The lowest BCUT2D eigenvalue weighted by Crippen LogP contribution is -2.02. The summed E-state index contributed by atoms with van der Waals surface area (Å²) < 4.78 is 4.57. The molecule has 0 N–H and O–H groups in total. The molecule has 8 rings (SSSR count). The molecule has 0 radical (unpaired) electrons. The van der Waals surface area contributed by atoms with E-state index in [1.807, 2.05) is 6.20 Å². The Balaban J connectivity index is 1.48. The molecule has 0 fully saturated rings. The first-order valence-electron chi connectivity index (χ1n) is 12.1. The molecular weight excluding hydrogens is 440 g/mol. The van der Waals surface area contributed by atoms with Crippen LogP contribution in [0.25, 0.3) is 66.2 Å². The quantitative estimate of drug-likeness (QED) is 0.264. The summed E-state index contributed by atoms with van der Waals surface area (Å²) in [6.45, 7) is 0. The van der Waals surface area contributed by atoms with Crippen LogP contribution in [0.2, 0.25) is 0 Å². The van der Waals surface area contributed by atoms with Gasteiger partial charge in [0.2, 0.25) is 0 Å². The van der Waals surface area contributed by atoms with Crippen LogP contribution in [0.3, 0.4) is 0 Å². The number of hydrogen-bond donors (Lipinski definition) is 0. The van der Waals surface area contributed by atoms with Crippen LogP contribution in [0.15, 0.2) is 121 Å². The molecule has 0 aliphatic heterocycles. The molecule has 0 bridgehead atoms. The fraction of sp³-hybridized carbons (Fsp3) is 0. The first-order valence-corrected chi connectivity index (χ1v) is 12.1. The van der Waals surface area contributed by atoms with Gasteiger partial charge in [-0.3, -0.25) is 9.55 Å². The van der Waals surface area contributed by atoms with Crippen LogP contribution in [0.4, 0.5) is 0 Å². The summed E-state index contributed by atoms with van der Waals surface area (Å²) in [6, 6.07) is 40.4. The molecule has 0 amide bonds. The average Bonchev–Trinajstić information content (AvgIpc) is 3.46. The van der Waals surface area contributed by atoms with Crippen LogP contribution >= 0.6 is 0 Å². The molecule has 168 valence electrons. The van der Waals surface area contributed by atoms with Crippen molar-refractivity contribution in [1.82, 2.24) is 19.1 Å². The highest BCUT2D eigenvalue weighted by atomic mass is 15.1. The number of fused-ring (bicyclic) bond motifs is 7. The van der Waals surface area contributed by atoms with Crippen molar-refractivity contribution in [3.63, 3.8) is 0 Å². The lowest BCUT2D eigenvalue weighted by molar-refractivity contribution is 1.09. The predicted molar refractivity (Wildman–Crippen MR) is 148 cm³/mol. The normalized spacial score (nSPS) is 11.9. The minimum Gasteiger partial charge on any atom is -0.307 e. The van der Waals surface area contributed by atoms with E-state index < -0.39 is 0 Å². The summed E-state index contributed by atoms with van der Waals surface area (Å²) >= 11 is 0. The van der Waals surface area contributed by atoms with E-state index >= 15 is 0 Å². The van der Waals surface area contributed by atoms with E-state index in [9.17, 15) is 0 Å². The highest BCUT2D eigenvalue weighted by molar-refractivity contribution is 6.11. The fourth-order valence-electron chi connectivity index (χ4n) is 5.66. The maximum atomic E-state index is 5.27. The maximum absolute atomic E-state index is 5.27. The average molecular weight is 461 g/mol. The lowest BCUT2D eigenvalue weighted by atomic mass is 10.2. The number of rotatable bonds is 2. The van der Waals surface area contributed by atoms with Gasteiger partial charge in [0, 0.05) is 27.7 Å². The maximum Gasteiger partial charge on any atom is 0.138 e. The van der Waals surface area contributed by atoms with Gasteiger partial charge in [0.15, 0.2) is 0 Å². The molecular formula is C32H20N4. The Morgan fingerprint density at radius 3 is 1.44 bits per heavy atom. The number of benzene rings is 4. The molecule has 4 heteroatoms. The molecule has 4 aromatic carbocycles. The summed E-state index contributed by atoms with van der Waals surface area (Å²) in [5.41, 5.74) is 7.40. The SMILES string of the molecule is c1ccc2c(c1)c1ccccc1n2-c1ccc2nccc(-n3c4ccccc4c4ccccc43)c2n1. The van der Waals surface area contributed by atoms with Crippen molar-refractivity contribution in [1.29, 1.82) is 0 Å². The van der Waals surface area contributed by atoms with Crippen molar-refractivity contribution in [2.45, 2.75) is 0 Å². The second-order valence-corrected chi connectivity index (χ2v) is 9.11. The van der Waals surface area contributed by atoms with Gasteiger partial charge in [-0.2, -0.15) is 0 Å². The van der Waals surface area contributed by atoms with Crippen molar-refractivity contribution in [3.05, 3.63) is 121 Å². The summed E-state index contributed by atoms with van der Waals surface area (Å²) in [5, 5.41) is 4.92. The number of aromatic nitrogens is 4. The minimum atomic E-state index is 0.874. The van der Waals surface area contributed by atoms with Gasteiger partial charge >= 0.3 is 0 Å². The topological polar surface area (TPSA) is 35.6 Å². The third-order valence-electron chi connectivity index (χ3n) is 7.18. The molecule has 0 aliphatic carbocycles. The largest absolute Gasteiger partial charge is 0.307 e. The fourth-order valence-corrected chi connectivity index (χ4v) is 5.66. The third-order valence-corrected chi connectivity index (χ3v) is 7.18. The van der Waals surface area contributed by atoms with E-state index in [0.29, 0.717) is 0 Å². The molecule has 0 aliphatic rings. The molecule has 36 heavy (non-hydrogen) atoms. The number of pyridine rings is 2. The van der Waals surface area contributed by atoms with Crippen LogP contribution in [-0.2, 0) is 0 Å². The first kappa shape index (κ1) is 19.4. The molecule has 4 nitrogen and oxygen atoms in total. The van der Waals surface area contributed by atoms with E-state index in [0.717, 1.165) is 44.6 Å². The Labute approximate surface area is 206 Å². The first-order chi connectivity index (χ1) is 17.9. The number of nitrogens with zero attached hydrogens (tertiary/aromatic N) is 4. The van der Waals surface area contributed by atoms with Crippen molar-refractivity contribution in [2.75, 3.05) is 0 Å². The molecule has 4 aromatic heterocycles. The second kappa shape index (κ2) is 7.27. The van der Waals surface area contributed by atoms with E-state index in [1.54, 1.807) is 0 Å². The van der Waals surface area contributed by atoms with Gasteiger partial charge in [-0.15, -0.1) is 0 Å². The Hall–Kier alpha value is -4.96. The van der Waals surface area contributed by atoms with E-state index in [1.165, 1.54) is 21.5 Å². The van der Waals surface area contributed by atoms with Crippen molar-refractivity contribution in [2.24, 2.45) is 0 Å². The van der Waals surface area contributed by atoms with Crippen LogP contribution in [0, 0.1) is 0 Å². The smallest absolute Gasteiger partial charge is 0.138 e. The van der Waals surface area contributed by atoms with Crippen molar-refractivity contribution < 1.29 is 0 Å². The van der Waals surface area contributed by atoms with Gasteiger partial charge in [-0.05, 0) is 42.5 Å². The van der Waals surface area contributed by atoms with Gasteiger partial charge in [-0.25, -0.2) is 4.98 Å². The highest BCUT2D eigenvalue weighted by Gasteiger charge is 2.17. The van der Waals surface area contributed by atoms with E-state index in [2.05, 4.69) is 129 Å². The molecule has 0 saturated carbocycles. The monoisotopic (exact) mass is 460 g/mol. The number of para-hydroxylation sites is 4. The minimum absolute atomic E-state index is 0.874. The molecule has 0 spiro atoms. The molecule has 8 aromatic rings. The zero-order valence-electron chi connectivity index (χ0n) is 19.3. The van der Waals surface area contributed by atoms with Gasteiger partial charge < -0.3 is 4.57 Å². The van der Waals surface area contributed by atoms with E-state index in [4.69, 9.17) is 4.98 Å². The zero-order valence-corrected chi connectivity index (χ0v) is 19.3. The molecule has 4 heterocycles. The van der Waals surface area contributed by atoms with Crippen LogP contribution in [-0.4, -0.2) is 19.1 Å². The van der Waals surface area contributed by atoms with Gasteiger partial charge in [0.05, 0.1) is 33.3 Å². The van der Waals surface area contributed by atoms with Crippen LogP contribution in [0.5, 0.6) is 0 Å². The third kappa shape index (κ3) is 2.58. The Kier molecular flexibility index (Phi) is 3.91. The summed E-state index contributed by atoms with van der Waals surface area (Å²) in [5.74, 6) is 0.884. The van der Waals surface area contributed by atoms with Crippen LogP contribution in [0.1, 0.15) is 0 Å². The summed E-state index contributed by atoms with van der Waals surface area (Å²) in [6.07, 6.45) is 1.88. The van der Waals surface area contributed by atoms with Crippen molar-refractivity contribution >= 4 is 54.6 Å².